The fourth-order valence-corrected chi connectivity index (χ4v) is 1.90. The number of hydrogen-bond acceptors (Lipinski definition) is 3. The average molecular weight is 225 g/mol. The lowest BCUT2D eigenvalue weighted by Crippen LogP contribution is -2.47. The fraction of sp³-hybridized carbons (Fsp3) is 0.769. The van der Waals surface area contributed by atoms with E-state index in [1.165, 1.54) is 0 Å². The molecule has 16 heavy (non-hydrogen) atoms. The molecule has 1 fully saturated rings. The number of rotatable bonds is 2. The monoisotopic (exact) mass is 225 g/mol. The van der Waals surface area contributed by atoms with Crippen LogP contribution in [0, 0.1) is 0 Å². The Hall–Kier alpha value is -0.830. The summed E-state index contributed by atoms with van der Waals surface area (Å²) in [6.45, 7) is 13.9. The number of nitrogens with zero attached hydrogens (tertiary/aromatic N) is 1. The predicted octanol–water partition coefficient (Wildman–Crippen LogP) is 2.37. The van der Waals surface area contributed by atoms with Crippen LogP contribution in [0.5, 0.6) is 0 Å². The quantitative estimate of drug-likeness (QED) is 0.534. The highest BCUT2D eigenvalue weighted by Crippen LogP contribution is 2.22. The number of hydrogen-bond donors (Lipinski definition) is 0. The second kappa shape index (κ2) is 5.00. The Labute approximate surface area is 98.5 Å². The van der Waals surface area contributed by atoms with Crippen molar-refractivity contribution in [3.63, 3.8) is 0 Å². The van der Waals surface area contributed by atoms with Gasteiger partial charge < -0.3 is 4.74 Å². The molecule has 0 unspecified atom stereocenters. The number of carbonyl (C=O) groups excluding carboxylic acids is 1. The van der Waals surface area contributed by atoms with Crippen molar-refractivity contribution in [3.8, 4) is 0 Å². The number of carbonyl (C=O) groups is 1. The van der Waals surface area contributed by atoms with Crippen LogP contribution in [0.2, 0.25) is 0 Å². The van der Waals surface area contributed by atoms with Crippen molar-refractivity contribution in [2.75, 3.05) is 13.1 Å². The van der Waals surface area contributed by atoms with Crippen molar-refractivity contribution in [3.05, 3.63) is 12.2 Å². The first-order valence-electron chi connectivity index (χ1n) is 5.92. The average Bonchev–Trinajstić information content (AvgIpc) is 2.17. The van der Waals surface area contributed by atoms with E-state index < -0.39 is 0 Å². The molecule has 3 heteroatoms. The SMILES string of the molecule is C=C(C)C(=O)OC1CCN(C(C)(C)C)CC1. The minimum atomic E-state index is -0.255. The zero-order valence-corrected chi connectivity index (χ0v) is 10.9. The Morgan fingerprint density at radius 1 is 1.31 bits per heavy atom. The summed E-state index contributed by atoms with van der Waals surface area (Å²) in [5, 5.41) is 0. The van der Waals surface area contributed by atoms with E-state index in [0.717, 1.165) is 25.9 Å². The van der Waals surface area contributed by atoms with Crippen molar-refractivity contribution >= 4 is 5.97 Å². The predicted molar refractivity (Wildman–Crippen MR) is 65.3 cm³/mol. The van der Waals surface area contributed by atoms with Crippen LogP contribution in [0.3, 0.4) is 0 Å². The standard InChI is InChI=1S/C13H23NO2/c1-10(2)12(15)16-11-6-8-14(9-7-11)13(3,4)5/h11H,1,6-9H2,2-5H3. The van der Waals surface area contributed by atoms with Crippen LogP contribution in [0.4, 0.5) is 0 Å². The smallest absolute Gasteiger partial charge is 0.333 e. The molecule has 0 aromatic carbocycles. The number of esters is 1. The van der Waals surface area contributed by atoms with E-state index in [2.05, 4.69) is 32.3 Å². The summed E-state index contributed by atoms with van der Waals surface area (Å²) >= 11 is 0. The van der Waals surface area contributed by atoms with E-state index in [1.807, 2.05) is 0 Å². The van der Waals surface area contributed by atoms with Crippen LogP contribution < -0.4 is 0 Å². The summed E-state index contributed by atoms with van der Waals surface area (Å²) in [6.07, 6.45) is 1.93. The lowest BCUT2D eigenvalue weighted by molar-refractivity contribution is -0.146. The molecule has 0 aliphatic carbocycles. The third-order valence-electron chi connectivity index (χ3n) is 3.01. The van der Waals surface area contributed by atoms with Gasteiger partial charge in [0.15, 0.2) is 0 Å². The van der Waals surface area contributed by atoms with Gasteiger partial charge in [-0.2, -0.15) is 0 Å². The van der Waals surface area contributed by atoms with E-state index >= 15 is 0 Å². The lowest BCUT2D eigenvalue weighted by atomic mass is 9.99. The van der Waals surface area contributed by atoms with Crippen LogP contribution in [0.25, 0.3) is 0 Å². The third kappa shape index (κ3) is 3.63. The topological polar surface area (TPSA) is 29.5 Å². The first-order chi connectivity index (χ1) is 7.30. The lowest BCUT2D eigenvalue weighted by Gasteiger charge is -2.40. The molecule has 0 aromatic rings. The normalized spacial score (nSPS) is 19.5. The fourth-order valence-electron chi connectivity index (χ4n) is 1.90. The molecule has 0 aromatic heterocycles. The van der Waals surface area contributed by atoms with Crippen molar-refractivity contribution < 1.29 is 9.53 Å². The molecule has 0 atom stereocenters. The number of ether oxygens (including phenoxy) is 1. The second-order valence-electron chi connectivity index (χ2n) is 5.54. The minimum absolute atomic E-state index is 0.0720. The maximum Gasteiger partial charge on any atom is 0.333 e. The van der Waals surface area contributed by atoms with Gasteiger partial charge in [-0.25, -0.2) is 4.79 Å². The summed E-state index contributed by atoms with van der Waals surface area (Å²) in [6, 6.07) is 0. The van der Waals surface area contributed by atoms with Crippen molar-refractivity contribution in [2.24, 2.45) is 0 Å². The highest BCUT2D eigenvalue weighted by molar-refractivity contribution is 5.87. The van der Waals surface area contributed by atoms with Gasteiger partial charge in [0.05, 0.1) is 0 Å². The van der Waals surface area contributed by atoms with Gasteiger partial charge in [0.1, 0.15) is 6.10 Å². The molecule has 0 saturated carbocycles. The third-order valence-corrected chi connectivity index (χ3v) is 3.01. The molecule has 1 aliphatic heterocycles. The first-order valence-corrected chi connectivity index (χ1v) is 5.92. The van der Waals surface area contributed by atoms with E-state index in [9.17, 15) is 4.79 Å². The molecule has 0 spiro atoms. The Balaban J connectivity index is 2.38. The largest absolute Gasteiger partial charge is 0.459 e. The summed E-state index contributed by atoms with van der Waals surface area (Å²) in [5.41, 5.74) is 0.696. The highest BCUT2D eigenvalue weighted by atomic mass is 16.5. The van der Waals surface area contributed by atoms with Crippen molar-refractivity contribution in [2.45, 2.75) is 52.2 Å². The number of piperidine rings is 1. The van der Waals surface area contributed by atoms with Crippen molar-refractivity contribution in [1.29, 1.82) is 0 Å². The maximum absolute atomic E-state index is 11.4. The van der Waals surface area contributed by atoms with Crippen LogP contribution in [0.1, 0.15) is 40.5 Å². The molecule has 1 heterocycles. The summed E-state index contributed by atoms with van der Waals surface area (Å²) in [5.74, 6) is -0.255. The van der Waals surface area contributed by atoms with Gasteiger partial charge in [0.2, 0.25) is 0 Å². The molecule has 92 valence electrons. The molecule has 0 bridgehead atoms. The van der Waals surface area contributed by atoms with Crippen LogP contribution >= 0.6 is 0 Å². The Morgan fingerprint density at radius 2 is 1.81 bits per heavy atom. The maximum atomic E-state index is 11.4. The molecule has 1 rings (SSSR count). The van der Waals surface area contributed by atoms with Crippen LogP contribution in [-0.2, 0) is 9.53 Å². The molecule has 0 N–H and O–H groups in total. The zero-order valence-electron chi connectivity index (χ0n) is 10.9. The minimum Gasteiger partial charge on any atom is -0.459 e. The molecule has 0 radical (unpaired) electrons. The van der Waals surface area contributed by atoms with E-state index in [0.29, 0.717) is 5.57 Å². The summed E-state index contributed by atoms with van der Waals surface area (Å²) < 4.78 is 5.35. The zero-order chi connectivity index (χ0) is 12.3. The Morgan fingerprint density at radius 3 is 2.19 bits per heavy atom. The van der Waals surface area contributed by atoms with Gasteiger partial charge in [-0.3, -0.25) is 4.90 Å². The van der Waals surface area contributed by atoms with Gasteiger partial charge in [-0.15, -0.1) is 0 Å². The van der Waals surface area contributed by atoms with Crippen molar-refractivity contribution in [1.82, 2.24) is 4.90 Å². The van der Waals surface area contributed by atoms with Gasteiger partial charge in [0, 0.05) is 24.2 Å². The van der Waals surface area contributed by atoms with Gasteiger partial charge in [-0.1, -0.05) is 6.58 Å². The molecular formula is C13H23NO2. The molecular weight excluding hydrogens is 202 g/mol. The molecule has 3 nitrogen and oxygen atoms in total. The van der Waals surface area contributed by atoms with Gasteiger partial charge >= 0.3 is 5.97 Å². The molecule has 1 saturated heterocycles. The van der Waals surface area contributed by atoms with E-state index in [1.54, 1.807) is 6.92 Å². The Kier molecular flexibility index (Phi) is 4.14. The Bertz CT molecular complexity index is 270. The van der Waals surface area contributed by atoms with Gasteiger partial charge in [0.25, 0.3) is 0 Å². The second-order valence-corrected chi connectivity index (χ2v) is 5.54. The molecule has 1 aliphatic rings. The highest BCUT2D eigenvalue weighted by Gasteiger charge is 2.28. The number of likely N-dealkylation sites (tertiary alicyclic amines) is 1. The van der Waals surface area contributed by atoms with Crippen LogP contribution in [-0.4, -0.2) is 35.6 Å². The van der Waals surface area contributed by atoms with E-state index in [-0.39, 0.29) is 17.6 Å². The van der Waals surface area contributed by atoms with E-state index in [4.69, 9.17) is 4.74 Å². The summed E-state index contributed by atoms with van der Waals surface area (Å²) in [7, 11) is 0. The molecule has 0 amide bonds. The first kappa shape index (κ1) is 13.2. The van der Waals surface area contributed by atoms with Gasteiger partial charge in [-0.05, 0) is 40.5 Å². The van der Waals surface area contributed by atoms with Crippen LogP contribution in [0.15, 0.2) is 12.2 Å². The summed E-state index contributed by atoms with van der Waals surface area (Å²) in [4.78, 5) is 13.8.